The Morgan fingerprint density at radius 1 is 1.07 bits per heavy atom. The van der Waals surface area contributed by atoms with Crippen LogP contribution in [0, 0.1) is 0 Å². The summed E-state index contributed by atoms with van der Waals surface area (Å²) in [6, 6.07) is 12.7. The molecule has 0 aliphatic carbocycles. The molecule has 0 aromatic heterocycles. The number of carbonyl (C=O) groups excluding carboxylic acids is 1. The lowest BCUT2D eigenvalue weighted by Crippen LogP contribution is -2.46. The summed E-state index contributed by atoms with van der Waals surface area (Å²) in [4.78, 5) is 14.3. The third-order valence-electron chi connectivity index (χ3n) is 4.17. The average Bonchev–Trinajstić information content (AvgIpc) is 2.68. The summed E-state index contributed by atoms with van der Waals surface area (Å²) >= 11 is 0. The Bertz CT molecular complexity index is 882. The maximum atomic E-state index is 12.6. The highest BCUT2D eigenvalue weighted by atomic mass is 35.5. The lowest BCUT2D eigenvalue weighted by atomic mass is 10.2. The minimum atomic E-state index is -3.78. The fourth-order valence-corrected chi connectivity index (χ4v) is 3.83. The maximum absolute atomic E-state index is 12.6. The molecule has 0 unspecified atom stereocenters. The molecule has 1 fully saturated rings. The largest absolute Gasteiger partial charge is 0.495 e. The van der Waals surface area contributed by atoms with Crippen LogP contribution in [0.15, 0.2) is 53.4 Å². The molecular weight excluding hydrogens is 390 g/mol. The number of carbonyl (C=O) groups is 1. The standard InChI is InChI=1S/C18H21N3O4S.ClH/c1-25-17-5-3-2-4-16(17)20-26(23,24)15-8-6-14(7-9-15)18(22)21-12-10-19-11-13-21;/h2-9,19-20H,10-13H2,1H3;1H. The number of sulfonamides is 1. The molecule has 2 N–H and O–H groups in total. The van der Waals surface area contributed by atoms with Gasteiger partial charge in [-0.3, -0.25) is 9.52 Å². The predicted molar refractivity (Wildman–Crippen MR) is 106 cm³/mol. The van der Waals surface area contributed by atoms with Crippen molar-refractivity contribution in [2.75, 3.05) is 38.0 Å². The van der Waals surface area contributed by atoms with Gasteiger partial charge in [0.15, 0.2) is 0 Å². The van der Waals surface area contributed by atoms with Crippen LogP contribution in [0.4, 0.5) is 5.69 Å². The maximum Gasteiger partial charge on any atom is 0.262 e. The van der Waals surface area contributed by atoms with Crippen molar-refractivity contribution in [3.8, 4) is 5.75 Å². The van der Waals surface area contributed by atoms with Crippen molar-refractivity contribution in [3.05, 3.63) is 54.1 Å². The number of rotatable bonds is 5. The quantitative estimate of drug-likeness (QED) is 0.785. The van der Waals surface area contributed by atoms with Gasteiger partial charge in [0.25, 0.3) is 15.9 Å². The number of hydrogen-bond acceptors (Lipinski definition) is 5. The number of hydrogen-bond donors (Lipinski definition) is 2. The van der Waals surface area contributed by atoms with Crippen LogP contribution in [0.25, 0.3) is 0 Å². The SMILES string of the molecule is COc1ccccc1NS(=O)(=O)c1ccc(C(=O)N2CCNCC2)cc1.Cl. The highest BCUT2D eigenvalue weighted by molar-refractivity contribution is 7.92. The van der Waals surface area contributed by atoms with Crippen LogP contribution in [0.5, 0.6) is 5.75 Å². The summed E-state index contributed by atoms with van der Waals surface area (Å²) < 4.78 is 32.8. The minimum absolute atomic E-state index is 0. The number of nitrogens with zero attached hydrogens (tertiary/aromatic N) is 1. The van der Waals surface area contributed by atoms with E-state index < -0.39 is 10.0 Å². The van der Waals surface area contributed by atoms with E-state index in [1.54, 1.807) is 41.3 Å². The summed E-state index contributed by atoms with van der Waals surface area (Å²) in [5, 5.41) is 3.19. The molecule has 3 rings (SSSR count). The number of para-hydroxylation sites is 2. The van der Waals surface area contributed by atoms with Crippen molar-refractivity contribution in [1.82, 2.24) is 10.2 Å². The van der Waals surface area contributed by atoms with E-state index in [1.165, 1.54) is 19.2 Å². The molecule has 0 spiro atoms. The van der Waals surface area contributed by atoms with E-state index in [4.69, 9.17) is 4.74 Å². The first-order valence-corrected chi connectivity index (χ1v) is 9.75. The van der Waals surface area contributed by atoms with Crippen LogP contribution in [0.1, 0.15) is 10.4 Å². The topological polar surface area (TPSA) is 87.7 Å². The molecule has 0 saturated carbocycles. The molecule has 7 nitrogen and oxygen atoms in total. The molecule has 1 amide bonds. The van der Waals surface area contributed by atoms with Gasteiger partial charge >= 0.3 is 0 Å². The third kappa shape index (κ3) is 4.91. The second kappa shape index (κ2) is 9.07. The Morgan fingerprint density at radius 2 is 1.70 bits per heavy atom. The van der Waals surface area contributed by atoms with Gasteiger partial charge < -0.3 is 15.0 Å². The molecule has 27 heavy (non-hydrogen) atoms. The van der Waals surface area contributed by atoms with Crippen LogP contribution < -0.4 is 14.8 Å². The molecule has 0 radical (unpaired) electrons. The van der Waals surface area contributed by atoms with Crippen molar-refractivity contribution in [3.63, 3.8) is 0 Å². The second-order valence-electron chi connectivity index (χ2n) is 5.87. The number of nitrogens with one attached hydrogen (secondary N) is 2. The number of amides is 1. The van der Waals surface area contributed by atoms with E-state index in [0.29, 0.717) is 30.1 Å². The van der Waals surface area contributed by atoms with Crippen LogP contribution >= 0.6 is 12.4 Å². The van der Waals surface area contributed by atoms with Gasteiger partial charge in [-0.25, -0.2) is 8.42 Å². The van der Waals surface area contributed by atoms with Crippen molar-refractivity contribution < 1.29 is 17.9 Å². The minimum Gasteiger partial charge on any atom is -0.495 e. The molecule has 146 valence electrons. The van der Waals surface area contributed by atoms with E-state index in [9.17, 15) is 13.2 Å². The molecule has 2 aromatic carbocycles. The smallest absolute Gasteiger partial charge is 0.262 e. The van der Waals surface area contributed by atoms with Gasteiger partial charge in [-0.1, -0.05) is 12.1 Å². The third-order valence-corrected chi connectivity index (χ3v) is 5.55. The van der Waals surface area contributed by atoms with Crippen molar-refractivity contribution >= 4 is 34.0 Å². The van der Waals surface area contributed by atoms with Gasteiger partial charge in [0.1, 0.15) is 5.75 Å². The number of methoxy groups -OCH3 is 1. The van der Waals surface area contributed by atoms with Gasteiger partial charge in [0.2, 0.25) is 0 Å². The Morgan fingerprint density at radius 3 is 2.33 bits per heavy atom. The van der Waals surface area contributed by atoms with Crippen molar-refractivity contribution in [1.29, 1.82) is 0 Å². The van der Waals surface area contributed by atoms with Crippen molar-refractivity contribution in [2.45, 2.75) is 4.90 Å². The van der Waals surface area contributed by atoms with E-state index in [-0.39, 0.29) is 23.2 Å². The Kier molecular flexibility index (Phi) is 7.06. The van der Waals surface area contributed by atoms with Gasteiger partial charge in [0.05, 0.1) is 17.7 Å². The van der Waals surface area contributed by atoms with Gasteiger partial charge in [-0.15, -0.1) is 12.4 Å². The molecule has 1 saturated heterocycles. The Balaban J connectivity index is 0.00000261. The van der Waals surface area contributed by atoms with E-state index in [0.717, 1.165) is 13.1 Å². The van der Waals surface area contributed by atoms with Gasteiger partial charge in [-0.05, 0) is 36.4 Å². The molecule has 1 aliphatic rings. The monoisotopic (exact) mass is 411 g/mol. The summed E-state index contributed by atoms with van der Waals surface area (Å²) in [5.74, 6) is 0.342. The zero-order valence-corrected chi connectivity index (χ0v) is 16.5. The molecule has 0 atom stereocenters. The van der Waals surface area contributed by atoms with Gasteiger partial charge in [-0.2, -0.15) is 0 Å². The van der Waals surface area contributed by atoms with E-state index in [1.807, 2.05) is 0 Å². The average molecular weight is 412 g/mol. The molecule has 2 aromatic rings. The van der Waals surface area contributed by atoms with E-state index in [2.05, 4.69) is 10.0 Å². The number of anilines is 1. The molecule has 0 bridgehead atoms. The van der Waals surface area contributed by atoms with Gasteiger partial charge in [0, 0.05) is 31.7 Å². The lowest BCUT2D eigenvalue weighted by molar-refractivity contribution is 0.0735. The van der Waals surface area contributed by atoms with Crippen LogP contribution in [0.3, 0.4) is 0 Å². The summed E-state index contributed by atoms with van der Waals surface area (Å²) in [7, 11) is -2.30. The van der Waals surface area contributed by atoms with Crippen molar-refractivity contribution in [2.24, 2.45) is 0 Å². The summed E-state index contributed by atoms with van der Waals surface area (Å²) in [6.07, 6.45) is 0. The second-order valence-corrected chi connectivity index (χ2v) is 7.55. The molecule has 1 aliphatic heterocycles. The number of halogens is 1. The molecule has 1 heterocycles. The zero-order valence-electron chi connectivity index (χ0n) is 14.8. The number of ether oxygens (including phenoxy) is 1. The Hall–Kier alpha value is -2.29. The normalized spacial score (nSPS) is 14.2. The van der Waals surface area contributed by atoms with Crippen LogP contribution in [0.2, 0.25) is 0 Å². The van der Waals surface area contributed by atoms with Crippen LogP contribution in [-0.2, 0) is 10.0 Å². The molecule has 9 heteroatoms. The fourth-order valence-electron chi connectivity index (χ4n) is 2.76. The number of benzene rings is 2. The number of piperazine rings is 1. The van der Waals surface area contributed by atoms with E-state index >= 15 is 0 Å². The van der Waals surface area contributed by atoms with Crippen LogP contribution in [-0.4, -0.2) is 52.5 Å². The summed E-state index contributed by atoms with van der Waals surface area (Å²) in [6.45, 7) is 2.82. The highest BCUT2D eigenvalue weighted by Gasteiger charge is 2.20. The summed E-state index contributed by atoms with van der Waals surface area (Å²) in [5.41, 5.74) is 0.833. The Labute approximate surface area is 165 Å². The lowest BCUT2D eigenvalue weighted by Gasteiger charge is -2.27. The predicted octanol–water partition coefficient (Wildman–Crippen LogP) is 1.96. The zero-order chi connectivity index (χ0) is 18.6. The first kappa shape index (κ1) is 21.0. The highest BCUT2D eigenvalue weighted by Crippen LogP contribution is 2.26. The first-order valence-electron chi connectivity index (χ1n) is 8.27. The first-order chi connectivity index (χ1) is 12.5. The fraction of sp³-hybridized carbons (Fsp3) is 0.278. The molecular formula is C18H22ClN3O4S.